The van der Waals surface area contributed by atoms with E-state index in [9.17, 15) is 26.8 Å². The van der Waals surface area contributed by atoms with Crippen molar-refractivity contribution < 1.29 is 40.8 Å². The van der Waals surface area contributed by atoms with Crippen molar-refractivity contribution in [2.75, 3.05) is 13.7 Å². The first-order valence-electron chi connectivity index (χ1n) is 3.73. The van der Waals surface area contributed by atoms with Crippen LogP contribution in [0, 0.1) is 0 Å². The molecular formula is C6H8F2O7S. The van der Waals surface area contributed by atoms with E-state index in [0.717, 1.165) is 0 Å². The number of carbonyl (C=O) groups is 2. The van der Waals surface area contributed by atoms with Crippen LogP contribution in [0.5, 0.6) is 0 Å². The van der Waals surface area contributed by atoms with Crippen LogP contribution in [0.25, 0.3) is 0 Å². The van der Waals surface area contributed by atoms with E-state index in [4.69, 9.17) is 4.55 Å². The number of hydrogen-bond acceptors (Lipinski definition) is 6. The Balaban J connectivity index is 4.71. The van der Waals surface area contributed by atoms with Crippen LogP contribution in [-0.2, 0) is 29.2 Å². The molecule has 1 unspecified atom stereocenters. The van der Waals surface area contributed by atoms with E-state index in [-0.39, 0.29) is 0 Å². The van der Waals surface area contributed by atoms with Crippen LogP contribution >= 0.6 is 0 Å². The lowest BCUT2D eigenvalue weighted by molar-refractivity contribution is -0.154. The number of esters is 2. The van der Waals surface area contributed by atoms with Crippen LogP contribution in [-0.4, -0.2) is 43.9 Å². The summed E-state index contributed by atoms with van der Waals surface area (Å²) in [6, 6.07) is 0. The van der Waals surface area contributed by atoms with Crippen LogP contribution in [0.1, 0.15) is 6.42 Å². The maximum atomic E-state index is 11.6. The molecule has 94 valence electrons. The van der Waals surface area contributed by atoms with Gasteiger partial charge in [0.15, 0.2) is 5.25 Å². The summed E-state index contributed by atoms with van der Waals surface area (Å²) >= 11 is 0. The molecule has 1 atom stereocenters. The molecule has 0 aromatic carbocycles. The zero-order valence-corrected chi connectivity index (χ0v) is 8.58. The van der Waals surface area contributed by atoms with Gasteiger partial charge in [0.1, 0.15) is 0 Å². The number of ether oxygens (including phenoxy) is 2. The maximum Gasteiger partial charge on any atom is 0.329 e. The lowest BCUT2D eigenvalue weighted by Gasteiger charge is -2.10. The van der Waals surface area contributed by atoms with Crippen molar-refractivity contribution in [3.05, 3.63) is 0 Å². The summed E-state index contributed by atoms with van der Waals surface area (Å²) in [4.78, 5) is 21.5. The highest BCUT2D eigenvalue weighted by Crippen LogP contribution is 2.08. The van der Waals surface area contributed by atoms with Crippen molar-refractivity contribution in [1.82, 2.24) is 0 Å². The number of hydrogen-bond donors (Lipinski definition) is 1. The number of rotatable bonds is 6. The topological polar surface area (TPSA) is 107 Å². The molecule has 7 nitrogen and oxygen atoms in total. The van der Waals surface area contributed by atoms with Crippen molar-refractivity contribution in [2.45, 2.75) is 11.7 Å². The van der Waals surface area contributed by atoms with Crippen LogP contribution in [0.2, 0.25) is 0 Å². The Morgan fingerprint density at radius 2 is 1.69 bits per heavy atom. The minimum atomic E-state index is -4.96. The molecule has 1 N–H and O–H groups in total. The van der Waals surface area contributed by atoms with Gasteiger partial charge in [-0.05, 0) is 0 Å². The van der Waals surface area contributed by atoms with Gasteiger partial charge in [-0.1, -0.05) is 0 Å². The Morgan fingerprint density at radius 3 is 2.06 bits per heavy atom. The van der Waals surface area contributed by atoms with Crippen LogP contribution in [0.15, 0.2) is 0 Å². The average Bonchev–Trinajstić information content (AvgIpc) is 2.13. The Morgan fingerprint density at radius 1 is 1.19 bits per heavy atom. The molecule has 0 amide bonds. The molecular weight excluding hydrogens is 254 g/mol. The molecule has 0 heterocycles. The normalized spacial score (nSPS) is 12.9. The molecule has 0 saturated carbocycles. The maximum absolute atomic E-state index is 11.6. The summed E-state index contributed by atoms with van der Waals surface area (Å²) < 4.78 is 60.2. The van der Waals surface area contributed by atoms with Crippen molar-refractivity contribution in [3.8, 4) is 0 Å². The van der Waals surface area contributed by atoms with Gasteiger partial charge in [-0.25, -0.2) is 8.78 Å². The molecule has 0 spiro atoms. The molecule has 0 aromatic heterocycles. The summed E-state index contributed by atoms with van der Waals surface area (Å²) in [7, 11) is -4.96. The summed E-state index contributed by atoms with van der Waals surface area (Å²) in [6.45, 7) is -3.14. The highest BCUT2D eigenvalue weighted by molar-refractivity contribution is 7.87. The molecule has 0 bridgehead atoms. The first-order chi connectivity index (χ1) is 7.32. The third kappa shape index (κ3) is 4.98. The van der Waals surface area contributed by atoms with Gasteiger partial charge in [0.05, 0.1) is 6.42 Å². The Bertz CT molecular complexity index is 352. The Kier molecular flexibility index (Phi) is 5.82. The Labute approximate surface area is 89.1 Å². The van der Waals surface area contributed by atoms with Gasteiger partial charge in [-0.2, -0.15) is 8.42 Å². The fraction of sp³-hybridized carbons (Fsp3) is 0.667. The van der Waals surface area contributed by atoms with E-state index in [1.807, 2.05) is 0 Å². The van der Waals surface area contributed by atoms with Crippen LogP contribution in [0.4, 0.5) is 8.78 Å². The molecule has 0 saturated heterocycles. The highest BCUT2D eigenvalue weighted by atomic mass is 32.2. The number of alkyl halides is 2. The van der Waals surface area contributed by atoms with Crippen molar-refractivity contribution in [3.63, 3.8) is 0 Å². The van der Waals surface area contributed by atoms with E-state index >= 15 is 0 Å². The fourth-order valence-electron chi connectivity index (χ4n) is 0.728. The monoisotopic (exact) mass is 262 g/mol. The van der Waals surface area contributed by atoms with Gasteiger partial charge in [0.2, 0.25) is 13.7 Å². The molecule has 0 aromatic rings. The first-order valence-corrected chi connectivity index (χ1v) is 5.23. The van der Waals surface area contributed by atoms with Gasteiger partial charge in [0.25, 0.3) is 10.1 Å². The third-order valence-corrected chi connectivity index (χ3v) is 2.47. The van der Waals surface area contributed by atoms with Gasteiger partial charge in [0, 0.05) is 0 Å². The molecule has 10 heteroatoms. The molecule has 0 aliphatic rings. The summed E-state index contributed by atoms with van der Waals surface area (Å²) in [5.74, 6) is -3.05. The fourth-order valence-corrected chi connectivity index (χ4v) is 1.39. The summed E-state index contributed by atoms with van der Waals surface area (Å²) in [6.07, 6.45) is -1.17. The first kappa shape index (κ1) is 14.7. The van der Waals surface area contributed by atoms with Crippen LogP contribution < -0.4 is 0 Å². The number of carbonyl (C=O) groups excluding carboxylic acids is 2. The van der Waals surface area contributed by atoms with Gasteiger partial charge < -0.3 is 9.47 Å². The van der Waals surface area contributed by atoms with E-state index < -0.39 is 47.4 Å². The lowest BCUT2D eigenvalue weighted by atomic mass is 10.3. The predicted molar refractivity (Wildman–Crippen MR) is 44.1 cm³/mol. The van der Waals surface area contributed by atoms with Crippen LogP contribution in [0.3, 0.4) is 0 Å². The van der Waals surface area contributed by atoms with Gasteiger partial charge in [-0.15, -0.1) is 0 Å². The van der Waals surface area contributed by atoms with Crippen molar-refractivity contribution in [1.29, 1.82) is 0 Å². The standard InChI is InChI=1S/C6H8F2O7S/c7-2-14-5(9)1-4(16(11,12)13)6(10)15-3-8/h4H,1-3H2,(H,11,12,13). The molecule has 0 fully saturated rings. The molecule has 16 heavy (non-hydrogen) atoms. The zero-order valence-electron chi connectivity index (χ0n) is 7.76. The molecule has 0 radical (unpaired) electrons. The van der Waals surface area contributed by atoms with Gasteiger partial charge in [-0.3, -0.25) is 14.1 Å². The van der Waals surface area contributed by atoms with Crippen molar-refractivity contribution >= 4 is 22.1 Å². The van der Waals surface area contributed by atoms with E-state index in [1.165, 1.54) is 0 Å². The SMILES string of the molecule is O=C(CC(C(=O)OCF)S(=O)(=O)O)OCF. The second-order valence-corrected chi connectivity index (χ2v) is 4.00. The smallest absolute Gasteiger partial charge is 0.329 e. The predicted octanol–water partition coefficient (Wildman–Crippen LogP) is -0.427. The quantitative estimate of drug-likeness (QED) is 0.511. The summed E-state index contributed by atoms with van der Waals surface area (Å²) in [5, 5.41) is -2.33. The largest absolute Gasteiger partial charge is 0.434 e. The van der Waals surface area contributed by atoms with E-state index in [0.29, 0.717) is 0 Å². The summed E-state index contributed by atoms with van der Waals surface area (Å²) in [5.41, 5.74) is 0. The third-order valence-electron chi connectivity index (χ3n) is 1.39. The minimum absolute atomic E-state index is 1.17. The second kappa shape index (κ2) is 6.33. The molecule has 0 rings (SSSR count). The molecule has 0 aliphatic heterocycles. The van der Waals surface area contributed by atoms with E-state index in [1.54, 1.807) is 0 Å². The second-order valence-electron chi connectivity index (χ2n) is 2.41. The van der Waals surface area contributed by atoms with Crippen molar-refractivity contribution in [2.24, 2.45) is 0 Å². The number of halogens is 2. The minimum Gasteiger partial charge on any atom is -0.434 e. The lowest BCUT2D eigenvalue weighted by Crippen LogP contribution is -2.34. The van der Waals surface area contributed by atoms with E-state index in [2.05, 4.69) is 9.47 Å². The van der Waals surface area contributed by atoms with Gasteiger partial charge >= 0.3 is 11.9 Å². The highest BCUT2D eigenvalue weighted by Gasteiger charge is 2.35. The molecule has 0 aliphatic carbocycles. The Hall–Kier alpha value is -1.29. The zero-order chi connectivity index (χ0) is 12.8. The average molecular weight is 262 g/mol.